The summed E-state index contributed by atoms with van der Waals surface area (Å²) in [5.41, 5.74) is 8.92. The molecule has 0 aliphatic heterocycles. The zero-order valence-corrected chi connectivity index (χ0v) is 7.91. The zero-order valence-electron chi connectivity index (χ0n) is 5.64. The molecular formula is C5H4Cl3N3O. The van der Waals surface area contributed by atoms with E-state index in [1.165, 1.54) is 6.07 Å². The molecule has 0 aliphatic rings. The van der Waals surface area contributed by atoms with Crippen LogP contribution in [0.15, 0.2) is 11.3 Å². The number of rotatable bonds is 1. The van der Waals surface area contributed by atoms with E-state index in [1.54, 1.807) is 0 Å². The van der Waals surface area contributed by atoms with Gasteiger partial charge < -0.3 is 11.5 Å². The molecule has 0 aromatic rings. The normalized spacial score (nSPS) is 13.2. The van der Waals surface area contributed by atoms with Crippen LogP contribution in [-0.2, 0) is 4.79 Å². The van der Waals surface area contributed by atoms with Crippen LogP contribution in [0.5, 0.6) is 0 Å². The van der Waals surface area contributed by atoms with E-state index in [2.05, 4.69) is 0 Å². The summed E-state index contributed by atoms with van der Waals surface area (Å²) in [6.07, 6.45) is 0. The van der Waals surface area contributed by atoms with Crippen molar-refractivity contribution in [1.82, 2.24) is 0 Å². The fourth-order valence-electron chi connectivity index (χ4n) is 0.390. The Balaban J connectivity index is 5.17. The number of nitriles is 1. The molecule has 0 bridgehead atoms. The topological polar surface area (TPSA) is 92.9 Å². The van der Waals surface area contributed by atoms with Crippen LogP contribution < -0.4 is 11.5 Å². The molecule has 0 atom stereocenters. The van der Waals surface area contributed by atoms with Gasteiger partial charge >= 0.3 is 0 Å². The van der Waals surface area contributed by atoms with Gasteiger partial charge in [-0.2, -0.15) is 5.26 Å². The van der Waals surface area contributed by atoms with E-state index in [1.807, 2.05) is 0 Å². The highest BCUT2D eigenvalue weighted by atomic mass is 35.6. The molecule has 4 N–H and O–H groups in total. The lowest BCUT2D eigenvalue weighted by Crippen LogP contribution is -2.24. The minimum absolute atomic E-state index is 0.470. The third-order valence-electron chi connectivity index (χ3n) is 0.933. The van der Waals surface area contributed by atoms with E-state index in [0.717, 1.165) is 0 Å². The Labute approximate surface area is 83.7 Å². The van der Waals surface area contributed by atoms with Crippen LogP contribution in [0.2, 0.25) is 0 Å². The molecule has 0 fully saturated rings. The van der Waals surface area contributed by atoms with Gasteiger partial charge in [-0.05, 0) is 0 Å². The molecule has 0 rings (SSSR count). The van der Waals surface area contributed by atoms with E-state index < -0.39 is 21.0 Å². The number of nitrogens with zero attached hydrogens (tertiary/aromatic N) is 1. The van der Waals surface area contributed by atoms with Gasteiger partial charge in [-0.15, -0.1) is 0 Å². The number of hydrogen-bond donors (Lipinski definition) is 2. The van der Waals surface area contributed by atoms with Crippen molar-refractivity contribution < 1.29 is 4.79 Å². The molecule has 4 nitrogen and oxygen atoms in total. The second-order valence-corrected chi connectivity index (χ2v) is 4.04. The lowest BCUT2D eigenvalue weighted by molar-refractivity contribution is -0.114. The predicted octanol–water partition coefficient (Wildman–Crippen LogP) is 0.578. The van der Waals surface area contributed by atoms with Crippen LogP contribution in [0.25, 0.3) is 0 Å². The van der Waals surface area contributed by atoms with Crippen molar-refractivity contribution >= 4 is 40.7 Å². The van der Waals surface area contributed by atoms with E-state index in [9.17, 15) is 4.79 Å². The molecular weight excluding hydrogens is 224 g/mol. The van der Waals surface area contributed by atoms with Crippen LogP contribution >= 0.6 is 34.8 Å². The fraction of sp³-hybridized carbons (Fsp3) is 0.200. The van der Waals surface area contributed by atoms with Crippen LogP contribution in [0.3, 0.4) is 0 Å². The van der Waals surface area contributed by atoms with Gasteiger partial charge in [0, 0.05) is 0 Å². The Morgan fingerprint density at radius 3 is 1.83 bits per heavy atom. The molecule has 0 heterocycles. The van der Waals surface area contributed by atoms with Crippen molar-refractivity contribution in [3.63, 3.8) is 0 Å². The van der Waals surface area contributed by atoms with Gasteiger partial charge in [0.1, 0.15) is 11.6 Å². The van der Waals surface area contributed by atoms with Gasteiger partial charge in [-0.1, -0.05) is 34.8 Å². The lowest BCUT2D eigenvalue weighted by atomic mass is 10.2. The van der Waals surface area contributed by atoms with E-state index in [0.29, 0.717) is 0 Å². The first-order valence-corrected chi connectivity index (χ1v) is 3.71. The van der Waals surface area contributed by atoms with E-state index in [4.69, 9.17) is 51.5 Å². The maximum atomic E-state index is 10.5. The first kappa shape index (κ1) is 11.4. The van der Waals surface area contributed by atoms with Crippen molar-refractivity contribution in [3.8, 4) is 6.07 Å². The molecule has 1 amide bonds. The maximum absolute atomic E-state index is 10.5. The van der Waals surface area contributed by atoms with Crippen molar-refractivity contribution in [2.24, 2.45) is 11.5 Å². The molecule has 0 aromatic heterocycles. The minimum Gasteiger partial charge on any atom is -0.397 e. The summed E-state index contributed by atoms with van der Waals surface area (Å²) in [5, 5.41) is 8.37. The Hall–Kier alpha value is -0.630. The number of halogens is 3. The Bertz CT molecular complexity index is 273. The van der Waals surface area contributed by atoms with Gasteiger partial charge in [-0.25, -0.2) is 0 Å². The number of nitrogens with two attached hydrogens (primary N) is 2. The molecule has 0 saturated carbocycles. The Kier molecular flexibility index (Phi) is 3.65. The quantitative estimate of drug-likeness (QED) is 0.390. The average molecular weight is 228 g/mol. The van der Waals surface area contributed by atoms with Gasteiger partial charge in [0.2, 0.25) is 3.79 Å². The Morgan fingerprint density at radius 1 is 1.33 bits per heavy atom. The number of primary amides is 1. The zero-order chi connectivity index (χ0) is 9.94. The SMILES string of the molecule is N#C/C(C(N)=O)=C(\N)C(Cl)(Cl)Cl. The number of carbonyl (C=O) groups excluding carboxylic acids is 1. The summed E-state index contributed by atoms with van der Waals surface area (Å²) in [7, 11) is 0. The standard InChI is InChI=1S/C5H4Cl3N3O/c6-5(7,8)3(10)2(1-9)4(11)12/h10H2,(H2,11,12)/b3-2+. The first-order chi connectivity index (χ1) is 5.30. The molecule has 7 heteroatoms. The molecule has 0 unspecified atom stereocenters. The van der Waals surface area contributed by atoms with Gasteiger partial charge in [0.15, 0.2) is 0 Å². The monoisotopic (exact) mass is 227 g/mol. The first-order valence-electron chi connectivity index (χ1n) is 2.57. The number of carbonyl (C=O) groups is 1. The fourth-order valence-corrected chi connectivity index (χ4v) is 0.673. The molecule has 0 aliphatic carbocycles. The summed E-state index contributed by atoms with van der Waals surface area (Å²) in [5.74, 6) is -1.03. The van der Waals surface area contributed by atoms with Crippen LogP contribution in [0.1, 0.15) is 0 Å². The van der Waals surface area contributed by atoms with Crippen LogP contribution in [-0.4, -0.2) is 9.70 Å². The van der Waals surface area contributed by atoms with Gasteiger partial charge in [0.05, 0.1) is 5.70 Å². The molecule has 0 radical (unpaired) electrons. The van der Waals surface area contributed by atoms with Crippen molar-refractivity contribution in [2.75, 3.05) is 0 Å². The van der Waals surface area contributed by atoms with Crippen molar-refractivity contribution in [3.05, 3.63) is 11.3 Å². The summed E-state index contributed by atoms with van der Waals surface area (Å²) in [6.45, 7) is 0. The second kappa shape index (κ2) is 3.85. The van der Waals surface area contributed by atoms with Crippen molar-refractivity contribution in [2.45, 2.75) is 3.79 Å². The third-order valence-corrected chi connectivity index (χ3v) is 1.54. The van der Waals surface area contributed by atoms with Gasteiger partial charge in [0.25, 0.3) is 5.91 Å². The highest BCUT2D eigenvalue weighted by Crippen LogP contribution is 2.32. The summed E-state index contributed by atoms with van der Waals surface area (Å²) in [4.78, 5) is 10.5. The molecule has 0 aromatic carbocycles. The minimum atomic E-state index is -1.99. The number of hydrogen-bond acceptors (Lipinski definition) is 3. The molecule has 12 heavy (non-hydrogen) atoms. The lowest BCUT2D eigenvalue weighted by Gasteiger charge is -2.11. The summed E-state index contributed by atoms with van der Waals surface area (Å²) >= 11 is 15.9. The predicted molar refractivity (Wildman–Crippen MR) is 46.3 cm³/mol. The molecule has 66 valence electrons. The Morgan fingerprint density at radius 2 is 1.75 bits per heavy atom. The average Bonchev–Trinajstić information content (AvgIpc) is 1.86. The number of allylic oxidation sites excluding steroid dienone is 1. The second-order valence-electron chi connectivity index (χ2n) is 1.76. The number of amides is 1. The van der Waals surface area contributed by atoms with E-state index in [-0.39, 0.29) is 0 Å². The maximum Gasteiger partial charge on any atom is 0.261 e. The number of alkyl halides is 3. The van der Waals surface area contributed by atoms with Crippen LogP contribution in [0.4, 0.5) is 0 Å². The smallest absolute Gasteiger partial charge is 0.261 e. The molecule has 0 spiro atoms. The summed E-state index contributed by atoms with van der Waals surface area (Å²) in [6, 6.07) is 1.43. The van der Waals surface area contributed by atoms with E-state index >= 15 is 0 Å². The third kappa shape index (κ3) is 2.78. The van der Waals surface area contributed by atoms with Crippen molar-refractivity contribution in [1.29, 1.82) is 5.26 Å². The highest BCUT2D eigenvalue weighted by Gasteiger charge is 2.28. The highest BCUT2D eigenvalue weighted by molar-refractivity contribution is 6.69. The van der Waals surface area contributed by atoms with Crippen LogP contribution in [0, 0.1) is 11.3 Å². The molecule has 0 saturated heterocycles. The summed E-state index contributed by atoms with van der Waals surface area (Å²) < 4.78 is -1.99. The van der Waals surface area contributed by atoms with Gasteiger partial charge in [-0.3, -0.25) is 4.79 Å². The largest absolute Gasteiger partial charge is 0.397 e.